The molecule has 2 aliphatic rings. The molecule has 61 heavy (non-hydrogen) atoms. The summed E-state index contributed by atoms with van der Waals surface area (Å²) in [5, 5.41) is 6.33. The fraction of sp³-hybridized carbons (Fsp3) is 0.326. The lowest BCUT2D eigenvalue weighted by Crippen LogP contribution is -2.51. The Morgan fingerprint density at radius 3 is 2.20 bits per heavy atom. The third-order valence-corrected chi connectivity index (χ3v) is 11.4. The van der Waals surface area contributed by atoms with E-state index in [1.165, 1.54) is 14.2 Å². The predicted molar refractivity (Wildman–Crippen MR) is 228 cm³/mol. The van der Waals surface area contributed by atoms with Crippen LogP contribution in [0, 0.1) is 17.8 Å². The number of likely N-dealkylation sites (tertiary alicyclic amines) is 2. The fourth-order valence-corrected chi connectivity index (χ4v) is 8.20. The van der Waals surface area contributed by atoms with Gasteiger partial charge in [0.2, 0.25) is 5.91 Å². The van der Waals surface area contributed by atoms with E-state index in [0.29, 0.717) is 36.0 Å². The van der Waals surface area contributed by atoms with E-state index in [1.807, 2.05) is 92.7 Å². The third-order valence-electron chi connectivity index (χ3n) is 11.4. The molecule has 4 atom stereocenters. The van der Waals surface area contributed by atoms with E-state index in [9.17, 15) is 19.2 Å². The number of carbonyl (C=O) groups is 4. The maximum Gasteiger partial charge on any atom is 0.407 e. The molecule has 0 saturated carbocycles. The Kier molecular flexibility index (Phi) is 11.7. The standard InChI is InChI=1S/C46H47N9O6/c1-27(2)39(52-45(58)60-3)43(56)55-23-9-13-38(55)42-49-34-20-15-28(24-35(34)50-42)14-18-32-19-16-30-25-31(17-21-33(30)48-32)36-26-47-41(51-36)37-12-8-22-54(37)44(57)40(53-46(59)61-4)29-10-6-5-7-11-29/h5-7,10-11,15-17,19-21,24-27,37-40H,8-9,12-13,22-23H2,1-4H3,(H,47,51)(H,49,50)(H,52,58)(H,53,59)/t37-,38-,39?,40+/m0/s1. The number of fused-ring (bicyclic) bond motifs is 2. The Bertz CT molecular complexity index is 2660. The number of hydrogen-bond acceptors (Lipinski definition) is 9. The summed E-state index contributed by atoms with van der Waals surface area (Å²) in [7, 11) is 2.56. The summed E-state index contributed by atoms with van der Waals surface area (Å²) in [6, 6.07) is 22.7. The first kappa shape index (κ1) is 40.6. The highest BCUT2D eigenvalue weighted by Crippen LogP contribution is 2.35. The van der Waals surface area contributed by atoms with Crippen molar-refractivity contribution >= 4 is 45.9 Å². The lowest BCUT2D eigenvalue weighted by molar-refractivity contribution is -0.135. The molecule has 312 valence electrons. The predicted octanol–water partition coefficient (Wildman–Crippen LogP) is 6.71. The molecule has 0 aliphatic carbocycles. The number of aromatic nitrogens is 5. The zero-order valence-corrected chi connectivity index (χ0v) is 34.4. The lowest BCUT2D eigenvalue weighted by atomic mass is 10.0. The summed E-state index contributed by atoms with van der Waals surface area (Å²) in [5.41, 5.74) is 6.19. The molecule has 2 fully saturated rings. The summed E-state index contributed by atoms with van der Waals surface area (Å²) in [6.45, 7) is 4.90. The number of hydrogen-bond donors (Lipinski definition) is 4. The number of rotatable bonds is 9. The van der Waals surface area contributed by atoms with Crippen molar-refractivity contribution in [1.29, 1.82) is 0 Å². The van der Waals surface area contributed by atoms with Gasteiger partial charge >= 0.3 is 12.2 Å². The van der Waals surface area contributed by atoms with E-state index in [4.69, 9.17) is 24.4 Å². The molecule has 6 aromatic rings. The summed E-state index contributed by atoms with van der Waals surface area (Å²) in [6.07, 6.45) is 3.60. The van der Waals surface area contributed by atoms with Crippen LogP contribution in [0.1, 0.15) is 86.1 Å². The number of H-pyrrole nitrogens is 2. The lowest BCUT2D eigenvalue weighted by Gasteiger charge is -2.29. The minimum Gasteiger partial charge on any atom is -0.453 e. The van der Waals surface area contributed by atoms with E-state index in [1.54, 1.807) is 16.0 Å². The highest BCUT2D eigenvalue weighted by molar-refractivity contribution is 5.88. The second-order valence-electron chi connectivity index (χ2n) is 15.6. The quantitative estimate of drug-likeness (QED) is 0.115. The molecule has 0 radical (unpaired) electrons. The van der Waals surface area contributed by atoms with Crippen LogP contribution in [0.25, 0.3) is 33.2 Å². The maximum absolute atomic E-state index is 13.9. The number of nitrogens with one attached hydrogen (secondary N) is 4. The van der Waals surface area contributed by atoms with Crippen LogP contribution < -0.4 is 10.6 Å². The van der Waals surface area contributed by atoms with Gasteiger partial charge in [-0.3, -0.25) is 9.59 Å². The Morgan fingerprint density at radius 1 is 0.754 bits per heavy atom. The van der Waals surface area contributed by atoms with Crippen molar-refractivity contribution in [2.75, 3.05) is 27.3 Å². The molecule has 3 aromatic carbocycles. The molecule has 8 rings (SSSR count). The number of ether oxygens (including phenoxy) is 2. The van der Waals surface area contributed by atoms with Crippen molar-refractivity contribution in [3.63, 3.8) is 0 Å². The molecule has 15 nitrogen and oxygen atoms in total. The average molecular weight is 822 g/mol. The molecule has 4 amide bonds. The molecule has 4 N–H and O–H groups in total. The monoisotopic (exact) mass is 821 g/mol. The Morgan fingerprint density at radius 2 is 1.46 bits per heavy atom. The van der Waals surface area contributed by atoms with Crippen molar-refractivity contribution in [2.24, 2.45) is 5.92 Å². The first-order valence-corrected chi connectivity index (χ1v) is 20.4. The smallest absolute Gasteiger partial charge is 0.407 e. The van der Waals surface area contributed by atoms with Crippen molar-refractivity contribution in [3.8, 4) is 23.1 Å². The van der Waals surface area contributed by atoms with Gasteiger partial charge in [0.25, 0.3) is 5.91 Å². The molecular formula is C46H47N9O6. The number of pyridine rings is 1. The van der Waals surface area contributed by atoms with Crippen LogP contribution in [0.4, 0.5) is 9.59 Å². The Balaban J connectivity index is 0.954. The van der Waals surface area contributed by atoms with Crippen molar-refractivity contribution in [3.05, 3.63) is 114 Å². The normalized spacial score (nSPS) is 17.2. The number of methoxy groups -OCH3 is 2. The zero-order valence-electron chi connectivity index (χ0n) is 34.4. The number of aromatic amines is 2. The average Bonchev–Trinajstić information content (AvgIpc) is 4.12. The van der Waals surface area contributed by atoms with Crippen LogP contribution in [-0.2, 0) is 19.1 Å². The highest BCUT2D eigenvalue weighted by atomic mass is 16.5. The molecule has 15 heteroatoms. The minimum absolute atomic E-state index is 0.120. The number of amides is 4. The van der Waals surface area contributed by atoms with Gasteiger partial charge in [-0.2, -0.15) is 0 Å². The van der Waals surface area contributed by atoms with Crippen molar-refractivity contribution in [2.45, 2.75) is 63.7 Å². The number of nitrogens with zero attached hydrogens (tertiary/aromatic N) is 5. The summed E-state index contributed by atoms with van der Waals surface area (Å²) >= 11 is 0. The molecule has 3 aromatic heterocycles. The van der Waals surface area contributed by atoms with Crippen LogP contribution in [0.3, 0.4) is 0 Å². The van der Waals surface area contributed by atoms with Crippen LogP contribution in [0.5, 0.6) is 0 Å². The molecule has 0 bridgehead atoms. The second-order valence-corrected chi connectivity index (χ2v) is 15.6. The van der Waals surface area contributed by atoms with E-state index in [2.05, 4.69) is 32.4 Å². The third kappa shape index (κ3) is 8.61. The Hall–Kier alpha value is -7.21. The van der Waals surface area contributed by atoms with Gasteiger partial charge in [-0.05, 0) is 85.5 Å². The van der Waals surface area contributed by atoms with Crippen LogP contribution >= 0.6 is 0 Å². The summed E-state index contributed by atoms with van der Waals surface area (Å²) in [4.78, 5) is 76.5. The Labute approximate surface area is 352 Å². The molecule has 2 aliphatic heterocycles. The minimum atomic E-state index is -0.892. The van der Waals surface area contributed by atoms with Gasteiger partial charge in [-0.25, -0.2) is 24.5 Å². The molecule has 2 saturated heterocycles. The van der Waals surface area contributed by atoms with Gasteiger partial charge in [0.1, 0.15) is 29.4 Å². The van der Waals surface area contributed by atoms with Gasteiger partial charge in [0.05, 0.1) is 54.7 Å². The second kappa shape index (κ2) is 17.6. The van der Waals surface area contributed by atoms with Crippen molar-refractivity contribution in [1.82, 2.24) is 45.4 Å². The summed E-state index contributed by atoms with van der Waals surface area (Å²) < 4.78 is 9.59. The molecule has 5 heterocycles. The topological polar surface area (TPSA) is 188 Å². The van der Waals surface area contributed by atoms with Gasteiger partial charge in [-0.15, -0.1) is 0 Å². The fourth-order valence-electron chi connectivity index (χ4n) is 8.20. The van der Waals surface area contributed by atoms with Crippen LogP contribution in [-0.4, -0.2) is 92.1 Å². The number of alkyl carbamates (subject to hydrolysis) is 2. The maximum atomic E-state index is 13.9. The van der Waals surface area contributed by atoms with Crippen LogP contribution in [0.15, 0.2) is 85.1 Å². The van der Waals surface area contributed by atoms with E-state index >= 15 is 0 Å². The molecular weight excluding hydrogens is 775 g/mol. The zero-order chi connectivity index (χ0) is 42.6. The van der Waals surface area contributed by atoms with E-state index in [0.717, 1.165) is 64.4 Å². The molecule has 1 unspecified atom stereocenters. The largest absolute Gasteiger partial charge is 0.453 e. The highest BCUT2D eigenvalue weighted by Gasteiger charge is 2.39. The first-order valence-electron chi connectivity index (χ1n) is 20.4. The van der Waals surface area contributed by atoms with Gasteiger partial charge in [-0.1, -0.05) is 56.2 Å². The van der Waals surface area contributed by atoms with Crippen molar-refractivity contribution < 1.29 is 28.7 Å². The van der Waals surface area contributed by atoms with Crippen LogP contribution in [0.2, 0.25) is 0 Å². The SMILES string of the molecule is COC(=O)NC(C(=O)N1CCC[C@H]1c1nc2ccc(C#Cc3ccc4cc(-c5cnc([C@@H]6CCCN6C(=O)[C@H](NC(=O)OC)c6ccccc6)[nH]5)ccc4n3)cc2[nH]1)C(C)C. The van der Waals surface area contributed by atoms with Gasteiger partial charge in [0.15, 0.2) is 0 Å². The first-order chi connectivity index (χ1) is 29.6. The molecule has 0 spiro atoms. The number of carbonyl (C=O) groups excluding carboxylic acids is 4. The van der Waals surface area contributed by atoms with E-state index in [-0.39, 0.29) is 29.8 Å². The van der Waals surface area contributed by atoms with E-state index < -0.39 is 24.3 Å². The van der Waals surface area contributed by atoms with Gasteiger partial charge < -0.3 is 39.9 Å². The van der Waals surface area contributed by atoms with Gasteiger partial charge in [0, 0.05) is 29.6 Å². The number of imidazole rings is 2. The number of benzene rings is 3. The summed E-state index contributed by atoms with van der Waals surface area (Å²) in [5.74, 6) is 7.31.